The maximum Gasteiger partial charge on any atom is 0.148 e. The highest BCUT2D eigenvalue weighted by molar-refractivity contribution is 6.35. The van der Waals surface area contributed by atoms with Crippen molar-refractivity contribution in [1.82, 2.24) is 14.8 Å². The lowest BCUT2D eigenvalue weighted by Crippen LogP contribution is -2.45. The maximum absolute atomic E-state index is 13.5. The quantitative estimate of drug-likeness (QED) is 0.0964. The van der Waals surface area contributed by atoms with Gasteiger partial charge in [-0.3, -0.25) is 19.5 Å². The van der Waals surface area contributed by atoms with Crippen molar-refractivity contribution in [3.8, 4) is 34.4 Å². The summed E-state index contributed by atoms with van der Waals surface area (Å²) in [5.74, 6) is 1.78. The van der Waals surface area contributed by atoms with Crippen molar-refractivity contribution in [2.75, 3.05) is 39.3 Å². The van der Waals surface area contributed by atoms with E-state index >= 15 is 0 Å². The molecule has 2 aliphatic heterocycles. The van der Waals surface area contributed by atoms with E-state index < -0.39 is 11.6 Å². The highest BCUT2D eigenvalue weighted by atomic mass is 35.5. The van der Waals surface area contributed by atoms with Gasteiger partial charge >= 0.3 is 0 Å². The van der Waals surface area contributed by atoms with Gasteiger partial charge in [0.2, 0.25) is 0 Å². The van der Waals surface area contributed by atoms with E-state index in [4.69, 9.17) is 37.4 Å². The molecule has 3 aromatic carbocycles. The van der Waals surface area contributed by atoms with Crippen LogP contribution in [0.4, 0.5) is 4.39 Å². The monoisotopic (exact) mass is 824 g/mol. The van der Waals surface area contributed by atoms with Crippen LogP contribution in [0.5, 0.6) is 17.2 Å². The smallest absolute Gasteiger partial charge is 0.148 e. The third kappa shape index (κ3) is 8.89. The second-order valence-electron chi connectivity index (χ2n) is 16.1. The van der Waals surface area contributed by atoms with E-state index in [9.17, 15) is 19.2 Å². The summed E-state index contributed by atoms with van der Waals surface area (Å²) in [6, 6.07) is 19.7. The standard InChI is InChI=1S/C46H47Cl2FN4O5/c47-39-20-32(27-53-14-3-13-46(29-53)23-34(54)21-44(46)55)42(57-28-31-19-30(24-50)25-51-26-31)22-43(39)58-40-10-9-36-35(5-1-6-37(36)40)38-7-2-8-41(45(38)48)56-18-4-15-52-16-11-33(49)12-17-52/h1-2,5-8,19-20,22,25-26,33,40H,3-4,9-18,21,23,27-29H2/t40-,46?/m0/s1. The molecule has 0 radical (unpaired) electrons. The number of benzene rings is 3. The van der Waals surface area contributed by atoms with Gasteiger partial charge in [0.1, 0.15) is 53.8 Å². The second-order valence-corrected chi connectivity index (χ2v) is 16.9. The number of ketones is 2. The van der Waals surface area contributed by atoms with Gasteiger partial charge in [-0.1, -0.05) is 53.5 Å². The van der Waals surface area contributed by atoms with Crippen molar-refractivity contribution in [3.05, 3.63) is 105 Å². The Bertz CT molecular complexity index is 2220. The topological polar surface area (TPSA) is 105 Å². The molecule has 302 valence electrons. The van der Waals surface area contributed by atoms with Crippen molar-refractivity contribution in [2.24, 2.45) is 5.41 Å². The SMILES string of the molecule is N#Cc1cncc(COc2cc(O[C@H]3CCc4c(-c5cccc(OCCCN6CCC(F)CC6)c5Cl)cccc43)c(Cl)cc2CN2CCCC3(CC(=O)CC3=O)C2)c1. The lowest BCUT2D eigenvalue weighted by atomic mass is 9.77. The van der Waals surface area contributed by atoms with Crippen molar-refractivity contribution in [3.63, 3.8) is 0 Å². The third-order valence-electron chi connectivity index (χ3n) is 12.1. The molecular weight excluding hydrogens is 778 g/mol. The van der Waals surface area contributed by atoms with Crippen LogP contribution in [0.3, 0.4) is 0 Å². The van der Waals surface area contributed by atoms with E-state index in [0.29, 0.717) is 71.8 Å². The van der Waals surface area contributed by atoms with Crippen LogP contribution in [0.1, 0.15) is 85.3 Å². The molecule has 3 fully saturated rings. The van der Waals surface area contributed by atoms with E-state index in [2.05, 4.69) is 33.0 Å². The van der Waals surface area contributed by atoms with Crippen LogP contribution < -0.4 is 14.2 Å². The number of hydrogen-bond acceptors (Lipinski definition) is 9. The highest BCUT2D eigenvalue weighted by Gasteiger charge is 2.48. The molecule has 1 aromatic heterocycles. The van der Waals surface area contributed by atoms with Crippen molar-refractivity contribution >= 4 is 34.8 Å². The predicted molar refractivity (Wildman–Crippen MR) is 220 cm³/mol. The fourth-order valence-electron chi connectivity index (χ4n) is 9.16. The maximum atomic E-state index is 13.5. The molecule has 0 bridgehead atoms. The summed E-state index contributed by atoms with van der Waals surface area (Å²) in [6.45, 7) is 4.93. The molecule has 1 spiro atoms. The molecule has 3 heterocycles. The summed E-state index contributed by atoms with van der Waals surface area (Å²) >= 11 is 14.0. The number of carbonyl (C=O) groups is 2. The number of Topliss-reactive ketones (excluding diaryl/α,β-unsaturated/α-hetero) is 2. The van der Waals surface area contributed by atoms with E-state index in [0.717, 1.165) is 91.7 Å². The number of piperidine rings is 2. The molecule has 9 nitrogen and oxygen atoms in total. The molecule has 1 saturated carbocycles. The van der Waals surface area contributed by atoms with Crippen LogP contribution in [0, 0.1) is 16.7 Å². The molecular formula is C46H47Cl2FN4O5. The highest BCUT2D eigenvalue weighted by Crippen LogP contribution is 2.46. The summed E-state index contributed by atoms with van der Waals surface area (Å²) in [4.78, 5) is 34.0. The minimum absolute atomic E-state index is 0.0228. The minimum atomic E-state index is -0.679. The number of nitriles is 1. The molecule has 0 amide bonds. The van der Waals surface area contributed by atoms with Crippen LogP contribution in [0.15, 0.2) is 67.0 Å². The van der Waals surface area contributed by atoms with Gasteiger partial charge in [0, 0.05) is 79.7 Å². The number of halogens is 3. The normalized spacial score (nSPS) is 21.3. The number of aromatic nitrogens is 1. The summed E-state index contributed by atoms with van der Waals surface area (Å²) in [6.07, 6.45) is 7.69. The molecule has 12 heteroatoms. The van der Waals surface area contributed by atoms with Gasteiger partial charge in [-0.25, -0.2) is 4.39 Å². The van der Waals surface area contributed by atoms with Crippen molar-refractivity contribution in [1.29, 1.82) is 5.26 Å². The van der Waals surface area contributed by atoms with E-state index in [1.807, 2.05) is 36.4 Å². The molecule has 58 heavy (non-hydrogen) atoms. The van der Waals surface area contributed by atoms with E-state index in [1.165, 1.54) is 6.20 Å². The van der Waals surface area contributed by atoms with E-state index in [1.54, 1.807) is 12.3 Å². The zero-order valence-corrected chi connectivity index (χ0v) is 34.0. The van der Waals surface area contributed by atoms with Crippen molar-refractivity contribution in [2.45, 2.75) is 83.2 Å². The number of pyridine rings is 1. The fraction of sp³-hybridized carbons (Fsp3) is 0.435. The Hall–Kier alpha value is -4.53. The third-order valence-corrected chi connectivity index (χ3v) is 12.8. The van der Waals surface area contributed by atoms with Gasteiger partial charge in [-0.05, 0) is 86.4 Å². The Morgan fingerprint density at radius 2 is 1.76 bits per heavy atom. The first-order valence-electron chi connectivity index (χ1n) is 20.3. The lowest BCUT2D eigenvalue weighted by Gasteiger charge is -2.39. The second kappa shape index (κ2) is 17.8. The molecule has 4 aromatic rings. The number of alkyl halides is 1. The van der Waals surface area contributed by atoms with Crippen LogP contribution in [-0.2, 0) is 29.2 Å². The van der Waals surface area contributed by atoms with E-state index in [-0.39, 0.29) is 30.7 Å². The number of ether oxygens (including phenoxy) is 3. The van der Waals surface area contributed by atoms with Gasteiger partial charge < -0.3 is 19.1 Å². The number of carbonyl (C=O) groups excluding carboxylic acids is 2. The average molecular weight is 826 g/mol. The van der Waals surface area contributed by atoms with Crippen LogP contribution in [-0.4, -0.2) is 71.9 Å². The first-order chi connectivity index (χ1) is 28.2. The first kappa shape index (κ1) is 40.3. The molecule has 2 atom stereocenters. The summed E-state index contributed by atoms with van der Waals surface area (Å²) in [7, 11) is 0. The molecule has 8 rings (SSSR count). The van der Waals surface area contributed by atoms with Crippen LogP contribution in [0.2, 0.25) is 10.0 Å². The predicted octanol–water partition coefficient (Wildman–Crippen LogP) is 9.29. The first-order valence-corrected chi connectivity index (χ1v) is 21.1. The minimum Gasteiger partial charge on any atom is -0.492 e. The van der Waals surface area contributed by atoms with Crippen LogP contribution >= 0.6 is 23.2 Å². The molecule has 4 aliphatic rings. The van der Waals surface area contributed by atoms with Gasteiger partial charge in [0.05, 0.1) is 28.6 Å². The van der Waals surface area contributed by atoms with Crippen LogP contribution in [0.25, 0.3) is 11.1 Å². The molecule has 2 aliphatic carbocycles. The summed E-state index contributed by atoms with van der Waals surface area (Å²) < 4.78 is 32.9. The Labute approximate surface area is 349 Å². The van der Waals surface area contributed by atoms with Gasteiger partial charge in [0.15, 0.2) is 0 Å². The van der Waals surface area contributed by atoms with Gasteiger partial charge in [-0.2, -0.15) is 5.26 Å². The number of nitrogens with zero attached hydrogens (tertiary/aromatic N) is 4. The summed E-state index contributed by atoms with van der Waals surface area (Å²) in [5.41, 5.74) is 5.57. The molecule has 0 N–H and O–H groups in total. The Morgan fingerprint density at radius 1 is 0.931 bits per heavy atom. The Morgan fingerprint density at radius 3 is 2.57 bits per heavy atom. The number of fused-ring (bicyclic) bond motifs is 1. The van der Waals surface area contributed by atoms with Gasteiger partial charge in [-0.15, -0.1) is 0 Å². The Balaban J connectivity index is 0.999. The molecule has 2 saturated heterocycles. The zero-order chi connectivity index (χ0) is 40.2. The number of hydrogen-bond donors (Lipinski definition) is 0. The largest absolute Gasteiger partial charge is 0.492 e. The average Bonchev–Trinajstić information content (AvgIpc) is 3.76. The fourth-order valence-corrected chi connectivity index (χ4v) is 9.68. The van der Waals surface area contributed by atoms with Gasteiger partial charge in [0.25, 0.3) is 0 Å². The van der Waals surface area contributed by atoms with Crippen molar-refractivity contribution < 1.29 is 28.2 Å². The lowest BCUT2D eigenvalue weighted by molar-refractivity contribution is -0.128. The number of rotatable bonds is 13. The number of likely N-dealkylation sites (tertiary alicyclic amines) is 2. The zero-order valence-electron chi connectivity index (χ0n) is 32.5. The summed E-state index contributed by atoms with van der Waals surface area (Å²) in [5, 5.41) is 10.4. The Kier molecular flexibility index (Phi) is 12.3. The molecule has 1 unspecified atom stereocenters.